The van der Waals surface area contributed by atoms with E-state index in [1.54, 1.807) is 0 Å². The van der Waals surface area contributed by atoms with Crippen LogP contribution in [0.3, 0.4) is 0 Å². The van der Waals surface area contributed by atoms with Gasteiger partial charge in [0.05, 0.1) is 18.1 Å². The SMILES string of the molecule is CS(=O)(=O)NCC1=C(C(=O)O)N2C(=O)C[C@H]2S1. The zero-order valence-electron chi connectivity index (χ0n) is 8.84. The second-order valence-electron chi connectivity index (χ2n) is 3.71. The molecule has 1 fully saturated rings. The lowest BCUT2D eigenvalue weighted by molar-refractivity contribution is -0.145. The smallest absolute Gasteiger partial charge is 0.353 e. The van der Waals surface area contributed by atoms with Gasteiger partial charge in [-0.1, -0.05) is 0 Å². The van der Waals surface area contributed by atoms with Gasteiger partial charge in [0.1, 0.15) is 5.70 Å². The van der Waals surface area contributed by atoms with Crippen molar-refractivity contribution < 1.29 is 23.1 Å². The first-order chi connectivity index (χ1) is 7.79. The minimum Gasteiger partial charge on any atom is -0.477 e. The third kappa shape index (κ3) is 2.31. The molecule has 0 aliphatic carbocycles. The number of aliphatic carboxylic acids is 1. The number of thioether (sulfide) groups is 1. The van der Waals surface area contributed by atoms with Gasteiger partial charge in [0.15, 0.2) is 0 Å². The van der Waals surface area contributed by atoms with Crippen molar-refractivity contribution >= 4 is 33.7 Å². The Bertz CT molecular complexity index is 524. The molecule has 1 saturated heterocycles. The molecule has 2 N–H and O–H groups in total. The molecule has 7 nitrogen and oxygen atoms in total. The predicted molar refractivity (Wildman–Crippen MR) is 60.4 cm³/mol. The fourth-order valence-electron chi connectivity index (χ4n) is 1.65. The summed E-state index contributed by atoms with van der Waals surface area (Å²) in [5, 5.41) is 8.82. The van der Waals surface area contributed by atoms with Crippen molar-refractivity contribution in [3.63, 3.8) is 0 Å². The number of fused-ring (bicyclic) bond motifs is 1. The lowest BCUT2D eigenvalue weighted by Gasteiger charge is -2.33. The summed E-state index contributed by atoms with van der Waals surface area (Å²) < 4.78 is 24.1. The molecular formula is C8H10N2O5S2. The number of hydrogen-bond acceptors (Lipinski definition) is 5. The van der Waals surface area contributed by atoms with E-state index in [-0.39, 0.29) is 23.5 Å². The van der Waals surface area contributed by atoms with E-state index in [0.29, 0.717) is 11.3 Å². The van der Waals surface area contributed by atoms with Crippen molar-refractivity contribution in [2.75, 3.05) is 12.8 Å². The van der Waals surface area contributed by atoms with E-state index in [0.717, 1.165) is 6.26 Å². The summed E-state index contributed by atoms with van der Waals surface area (Å²) in [6, 6.07) is 0. The number of nitrogens with zero attached hydrogens (tertiary/aromatic N) is 1. The first-order valence-electron chi connectivity index (χ1n) is 4.69. The molecule has 0 aromatic heterocycles. The normalized spacial score (nSPS) is 23.7. The molecule has 2 aliphatic rings. The molecule has 2 aliphatic heterocycles. The first kappa shape index (κ1) is 12.4. The molecule has 0 bridgehead atoms. The highest BCUT2D eigenvalue weighted by Crippen LogP contribution is 2.45. The number of nitrogens with one attached hydrogen (secondary N) is 1. The third-order valence-electron chi connectivity index (χ3n) is 2.39. The van der Waals surface area contributed by atoms with E-state index in [1.165, 1.54) is 16.7 Å². The number of carbonyl (C=O) groups excluding carboxylic acids is 1. The van der Waals surface area contributed by atoms with Crippen molar-refractivity contribution in [3.05, 3.63) is 10.6 Å². The maximum atomic E-state index is 11.3. The van der Waals surface area contributed by atoms with Crippen molar-refractivity contribution in [1.29, 1.82) is 0 Å². The van der Waals surface area contributed by atoms with Crippen LogP contribution in [0.1, 0.15) is 6.42 Å². The Balaban J connectivity index is 2.21. The zero-order chi connectivity index (χ0) is 12.8. The number of hydrogen-bond donors (Lipinski definition) is 2. The molecule has 2 heterocycles. The van der Waals surface area contributed by atoms with Crippen LogP contribution < -0.4 is 4.72 Å². The molecule has 1 atom stereocenters. The molecular weight excluding hydrogens is 268 g/mol. The molecule has 0 spiro atoms. The molecule has 0 unspecified atom stereocenters. The quantitative estimate of drug-likeness (QED) is 0.648. The van der Waals surface area contributed by atoms with Gasteiger partial charge in [0.2, 0.25) is 15.9 Å². The topological polar surface area (TPSA) is 104 Å². The lowest BCUT2D eigenvalue weighted by Crippen LogP contribution is -2.48. The van der Waals surface area contributed by atoms with Gasteiger partial charge in [-0.05, 0) is 0 Å². The van der Waals surface area contributed by atoms with Crippen molar-refractivity contribution in [1.82, 2.24) is 9.62 Å². The predicted octanol–water partition coefficient (Wildman–Crippen LogP) is -0.863. The lowest BCUT2D eigenvalue weighted by atomic mass is 10.1. The standard InChI is InChI=1S/C8H10N2O5S2/c1-17(14,15)9-3-4-7(8(12)13)10-5(11)2-6(10)16-4/h6,9H,2-3H2,1H3,(H,12,13)/t6-/m1/s1. The largest absolute Gasteiger partial charge is 0.477 e. The number of carboxylic acids is 1. The van der Waals surface area contributed by atoms with Crippen LogP contribution in [-0.4, -0.2) is 48.5 Å². The molecule has 9 heteroatoms. The molecule has 0 aromatic carbocycles. The second-order valence-corrected chi connectivity index (χ2v) is 6.82. The van der Waals surface area contributed by atoms with Crippen molar-refractivity contribution in [2.24, 2.45) is 0 Å². The second kappa shape index (κ2) is 4.00. The van der Waals surface area contributed by atoms with Gasteiger partial charge in [-0.15, -0.1) is 11.8 Å². The van der Waals surface area contributed by atoms with E-state index in [4.69, 9.17) is 5.11 Å². The number of sulfonamides is 1. The fourth-order valence-corrected chi connectivity index (χ4v) is 3.48. The minimum absolute atomic E-state index is 0.0919. The van der Waals surface area contributed by atoms with Crippen molar-refractivity contribution in [3.8, 4) is 0 Å². The molecule has 1 amide bonds. The van der Waals surface area contributed by atoms with E-state index < -0.39 is 16.0 Å². The molecule has 0 aromatic rings. The Morgan fingerprint density at radius 3 is 2.76 bits per heavy atom. The van der Waals surface area contributed by atoms with Crippen LogP contribution in [0.25, 0.3) is 0 Å². The molecule has 2 rings (SSSR count). The van der Waals surface area contributed by atoms with Gasteiger partial charge in [0.25, 0.3) is 0 Å². The Labute approximate surface area is 102 Å². The maximum Gasteiger partial charge on any atom is 0.353 e. The van der Waals surface area contributed by atoms with Gasteiger partial charge in [-0.3, -0.25) is 9.69 Å². The average Bonchev–Trinajstić information content (AvgIpc) is 2.46. The average molecular weight is 278 g/mol. The van der Waals surface area contributed by atoms with E-state index in [9.17, 15) is 18.0 Å². The zero-order valence-corrected chi connectivity index (χ0v) is 10.5. The number of carboxylic acid groups (broad SMARTS) is 1. The number of amides is 1. The summed E-state index contributed by atoms with van der Waals surface area (Å²) in [6.45, 7) is -0.0919. The number of rotatable bonds is 4. The van der Waals surface area contributed by atoms with Gasteiger partial charge < -0.3 is 5.11 Å². The van der Waals surface area contributed by atoms with Crippen LogP contribution in [0.5, 0.6) is 0 Å². The Morgan fingerprint density at radius 2 is 2.29 bits per heavy atom. The Morgan fingerprint density at radius 1 is 1.65 bits per heavy atom. The van der Waals surface area contributed by atoms with Gasteiger partial charge in [-0.25, -0.2) is 17.9 Å². The minimum atomic E-state index is -3.38. The van der Waals surface area contributed by atoms with Crippen molar-refractivity contribution in [2.45, 2.75) is 11.8 Å². The summed E-state index contributed by atoms with van der Waals surface area (Å²) in [5.41, 5.74) is -0.104. The number of carbonyl (C=O) groups is 2. The highest BCUT2D eigenvalue weighted by molar-refractivity contribution is 8.04. The van der Waals surface area contributed by atoms with Crippen LogP contribution >= 0.6 is 11.8 Å². The van der Waals surface area contributed by atoms with E-state index in [2.05, 4.69) is 4.72 Å². The van der Waals surface area contributed by atoms with Gasteiger partial charge >= 0.3 is 5.97 Å². The Kier molecular flexibility index (Phi) is 2.92. The van der Waals surface area contributed by atoms with Crippen LogP contribution in [-0.2, 0) is 19.6 Å². The Hall–Kier alpha value is -1.06. The highest BCUT2D eigenvalue weighted by Gasteiger charge is 2.48. The molecule has 0 radical (unpaired) electrons. The molecule has 0 saturated carbocycles. The van der Waals surface area contributed by atoms with Gasteiger partial charge in [0, 0.05) is 11.4 Å². The number of β-lactam (4-membered cyclic amide) rings is 1. The van der Waals surface area contributed by atoms with E-state index >= 15 is 0 Å². The molecule has 94 valence electrons. The highest BCUT2D eigenvalue weighted by atomic mass is 32.2. The van der Waals surface area contributed by atoms with E-state index in [1.807, 2.05) is 0 Å². The van der Waals surface area contributed by atoms with Crippen LogP contribution in [0, 0.1) is 0 Å². The summed E-state index contributed by atoms with van der Waals surface area (Å²) in [5.74, 6) is -1.45. The van der Waals surface area contributed by atoms with Crippen LogP contribution in [0.2, 0.25) is 0 Å². The van der Waals surface area contributed by atoms with Crippen LogP contribution in [0.4, 0.5) is 0 Å². The molecule has 17 heavy (non-hydrogen) atoms. The van der Waals surface area contributed by atoms with Crippen LogP contribution in [0.15, 0.2) is 10.6 Å². The summed E-state index contributed by atoms with van der Waals surface area (Å²) in [4.78, 5) is 23.9. The summed E-state index contributed by atoms with van der Waals surface area (Å²) in [7, 11) is -3.38. The maximum absolute atomic E-state index is 11.3. The summed E-state index contributed by atoms with van der Waals surface area (Å²) in [6.07, 6.45) is 1.29. The summed E-state index contributed by atoms with van der Waals surface area (Å²) >= 11 is 1.22. The first-order valence-corrected chi connectivity index (χ1v) is 7.46. The monoisotopic (exact) mass is 278 g/mol. The fraction of sp³-hybridized carbons (Fsp3) is 0.500. The third-order valence-corrected chi connectivity index (χ3v) is 4.33. The van der Waals surface area contributed by atoms with Gasteiger partial charge in [-0.2, -0.15) is 0 Å².